The van der Waals surface area contributed by atoms with Crippen LogP contribution in [0.2, 0.25) is 0 Å². The van der Waals surface area contributed by atoms with E-state index < -0.39 is 5.97 Å². The maximum absolute atomic E-state index is 11.5. The highest BCUT2D eigenvalue weighted by Crippen LogP contribution is 2.42. The molecule has 8 aromatic carbocycles. The van der Waals surface area contributed by atoms with E-state index in [9.17, 15) is 14.4 Å². The Morgan fingerprint density at radius 1 is 0.358 bits per heavy atom. The van der Waals surface area contributed by atoms with Crippen molar-refractivity contribution < 1.29 is 65.6 Å². The molecule has 0 bridgehead atoms. The molecular weight excluding hydrogens is 1510 g/mol. The van der Waals surface area contributed by atoms with Crippen LogP contribution in [0.4, 0.5) is 0 Å². The van der Waals surface area contributed by atoms with Gasteiger partial charge in [-0.05, 0) is 299 Å². The fourth-order valence-electron chi connectivity index (χ4n) is 16.9. The molecular formula is C102H114N4O14. The third-order valence-electron chi connectivity index (χ3n) is 23.6. The van der Waals surface area contributed by atoms with Crippen LogP contribution in [0.3, 0.4) is 0 Å². The smallest absolute Gasteiger partial charge is 0.303 e. The van der Waals surface area contributed by atoms with Crippen molar-refractivity contribution in [2.24, 2.45) is 0 Å². The minimum Gasteiger partial charge on any atom is -0.497 e. The number of ether oxygens (including phenoxy) is 6. The summed E-state index contributed by atoms with van der Waals surface area (Å²) in [5.74, 6) is 12.6. The number of hydrogen-bond donors (Lipinski definition) is 1. The zero-order chi connectivity index (χ0) is 84.2. The van der Waals surface area contributed by atoms with Crippen molar-refractivity contribution in [1.82, 2.24) is 19.9 Å². The van der Waals surface area contributed by atoms with Gasteiger partial charge in [0.15, 0.2) is 0 Å². The van der Waals surface area contributed by atoms with Gasteiger partial charge in [0.2, 0.25) is 23.6 Å². The quantitative estimate of drug-likeness (QED) is 0.0403. The molecule has 120 heavy (non-hydrogen) atoms. The molecule has 0 amide bonds. The summed E-state index contributed by atoms with van der Waals surface area (Å²) in [5, 5.41) is 9.08. The number of ketones is 2. The highest BCUT2D eigenvalue weighted by Gasteiger charge is 2.29. The Hall–Kier alpha value is -11.8. The molecule has 0 spiro atoms. The summed E-state index contributed by atoms with van der Waals surface area (Å²) >= 11 is 0. The molecule has 18 heteroatoms. The van der Waals surface area contributed by atoms with Gasteiger partial charge in [0, 0.05) is 73.6 Å². The summed E-state index contributed by atoms with van der Waals surface area (Å²) in [6.07, 6.45) is 17.5. The van der Waals surface area contributed by atoms with Gasteiger partial charge in [0.1, 0.15) is 69.1 Å². The van der Waals surface area contributed by atoms with Crippen LogP contribution in [0.1, 0.15) is 225 Å². The van der Waals surface area contributed by atoms with Crippen molar-refractivity contribution in [1.29, 1.82) is 0 Å². The lowest BCUT2D eigenvalue weighted by Crippen LogP contribution is -2.05. The Morgan fingerprint density at radius 2 is 0.642 bits per heavy atom. The predicted molar refractivity (Wildman–Crippen MR) is 468 cm³/mol. The number of Topliss-reactive ketones (excluding diaryl/α,β-unsaturated/α-hetero) is 2. The van der Waals surface area contributed by atoms with Crippen molar-refractivity contribution in [2.45, 2.75) is 214 Å². The van der Waals surface area contributed by atoms with E-state index in [4.69, 9.17) is 61.2 Å². The molecule has 4 heterocycles. The second kappa shape index (κ2) is 41.3. The van der Waals surface area contributed by atoms with E-state index in [1.165, 1.54) is 69.3 Å². The predicted octanol–water partition coefficient (Wildman–Crippen LogP) is 22.7. The van der Waals surface area contributed by atoms with Crippen molar-refractivity contribution in [3.05, 3.63) is 271 Å². The van der Waals surface area contributed by atoms with E-state index in [1.807, 2.05) is 92.7 Å². The first-order valence-electron chi connectivity index (χ1n) is 43.0. The number of oxazole rings is 4. The van der Waals surface area contributed by atoms with Crippen LogP contribution in [-0.2, 0) is 91.4 Å². The molecule has 0 saturated heterocycles. The van der Waals surface area contributed by atoms with E-state index in [-0.39, 0.29) is 23.9 Å². The van der Waals surface area contributed by atoms with Crippen LogP contribution in [-0.4, -0.2) is 83.2 Å². The first-order valence-corrected chi connectivity index (χ1v) is 43.0. The summed E-state index contributed by atoms with van der Waals surface area (Å²) in [6, 6.07) is 57.3. The van der Waals surface area contributed by atoms with Gasteiger partial charge in [0.05, 0.1) is 69.8 Å². The number of aryl methyl sites for hydroxylation is 10. The fourth-order valence-corrected chi connectivity index (χ4v) is 16.9. The number of rotatable bonds is 33. The van der Waals surface area contributed by atoms with Gasteiger partial charge in [-0.25, -0.2) is 19.9 Å². The Kier molecular flexibility index (Phi) is 29.6. The molecule has 16 rings (SSSR count). The van der Waals surface area contributed by atoms with Crippen LogP contribution in [0.5, 0.6) is 34.5 Å². The zero-order valence-corrected chi connectivity index (χ0v) is 71.5. The number of nitrogens with zero attached hydrogens (tertiary/aromatic N) is 4. The molecule has 4 atom stereocenters. The van der Waals surface area contributed by atoms with Crippen molar-refractivity contribution in [3.63, 3.8) is 0 Å². The lowest BCUT2D eigenvalue weighted by atomic mass is 9.96. The van der Waals surface area contributed by atoms with Gasteiger partial charge < -0.3 is 60.8 Å². The topological polar surface area (TPSA) is 231 Å². The Bertz CT molecular complexity index is 5250. The largest absolute Gasteiger partial charge is 0.497 e. The Morgan fingerprint density at radius 3 is 0.942 bits per heavy atom. The molecule has 0 fully saturated rings. The van der Waals surface area contributed by atoms with Crippen molar-refractivity contribution >= 4 is 17.5 Å². The van der Waals surface area contributed by atoms with E-state index in [0.29, 0.717) is 93.9 Å². The fraction of sp³-hybridized carbons (Fsp3) is 0.382. The molecule has 0 radical (unpaired) electrons. The minimum absolute atomic E-state index is 0.111. The number of methoxy groups -OCH3 is 2. The van der Waals surface area contributed by atoms with Crippen LogP contribution >= 0.6 is 0 Å². The molecule has 4 aliphatic carbocycles. The summed E-state index contributed by atoms with van der Waals surface area (Å²) < 4.78 is 58.2. The average Bonchev–Trinajstić information content (AvgIpc) is 1.67. The van der Waals surface area contributed by atoms with Crippen LogP contribution < -0.4 is 28.4 Å². The molecule has 1 N–H and O–H groups in total. The lowest BCUT2D eigenvalue weighted by Gasteiger charge is -2.11. The van der Waals surface area contributed by atoms with Gasteiger partial charge in [-0.15, -0.1) is 0 Å². The lowest BCUT2D eigenvalue weighted by molar-refractivity contribution is -0.137. The molecule has 0 unspecified atom stereocenters. The van der Waals surface area contributed by atoms with Gasteiger partial charge in [-0.1, -0.05) is 83.1 Å². The summed E-state index contributed by atoms with van der Waals surface area (Å²) in [5.41, 5.74) is 20.8. The third-order valence-corrected chi connectivity index (χ3v) is 23.6. The van der Waals surface area contributed by atoms with Gasteiger partial charge >= 0.3 is 5.97 Å². The Balaban J connectivity index is 0.000000138. The standard InChI is InChI=1S/2C26H29NO3.C25H27NO5.C25H29NO3/c2*1-4-19-5-7-20(8-6-19)26-27-25(18(3)30-26)13-14-29-23-11-12-24-21(15-17(2)28)9-10-22(24)16-23;1-3-23-22(26-25(31-23)16-6-8-19(29-2)9-7-16)12-13-30-20-10-11-21-17(14-20)4-5-18(21)15-24(27)28;1-4-17-6-7-19-16-21(12-13-22(17)19)28-15-14-23-24(5-2)29-25(26-23)18-8-10-20(27-3)11-9-18/h2*5-8,11-12,16,21H,4,9-10,13-15H2,1-3H3;6-11,14,18H,3-5,12-13,15H2,1-2H3,(H,27,28);8-13,16-17H,4-7,14-15H2,1-3H3/t2*21-;18-;17-/m1011/s1. The van der Waals surface area contributed by atoms with Crippen LogP contribution in [0, 0.1) is 13.8 Å². The second-order valence-electron chi connectivity index (χ2n) is 31.7. The Labute approximate surface area is 705 Å². The zero-order valence-electron chi connectivity index (χ0n) is 71.5. The number of carboxylic acid groups (broad SMARTS) is 1. The normalized spacial score (nSPS) is 15.2. The monoisotopic (exact) mass is 1620 g/mol. The van der Waals surface area contributed by atoms with Gasteiger partial charge in [-0.2, -0.15) is 0 Å². The molecule has 4 aliphatic rings. The van der Waals surface area contributed by atoms with E-state index in [0.717, 1.165) is 185 Å². The number of aliphatic carboxylic acids is 1. The molecule has 0 aliphatic heterocycles. The summed E-state index contributed by atoms with van der Waals surface area (Å²) in [6.45, 7) is 20.2. The molecule has 626 valence electrons. The molecule has 18 nitrogen and oxygen atoms in total. The molecule has 12 aromatic rings. The average molecular weight is 1620 g/mol. The van der Waals surface area contributed by atoms with Crippen molar-refractivity contribution in [2.75, 3.05) is 40.6 Å². The van der Waals surface area contributed by atoms with Crippen LogP contribution in [0.15, 0.2) is 188 Å². The highest BCUT2D eigenvalue weighted by molar-refractivity contribution is 5.77. The van der Waals surface area contributed by atoms with E-state index in [1.54, 1.807) is 28.1 Å². The van der Waals surface area contributed by atoms with Gasteiger partial charge in [-0.3, -0.25) is 4.79 Å². The summed E-state index contributed by atoms with van der Waals surface area (Å²) in [4.78, 5) is 52.7. The third kappa shape index (κ3) is 22.2. The van der Waals surface area contributed by atoms with Crippen molar-refractivity contribution in [3.8, 4) is 80.3 Å². The maximum Gasteiger partial charge on any atom is 0.303 e. The highest BCUT2D eigenvalue weighted by atomic mass is 16.5. The number of benzene rings is 8. The molecule has 0 saturated carbocycles. The number of carbonyl (C=O) groups is 3. The maximum atomic E-state index is 11.5. The molecule has 4 aromatic heterocycles. The first-order chi connectivity index (χ1) is 58.3. The summed E-state index contributed by atoms with van der Waals surface area (Å²) in [7, 11) is 3.30. The SMILES string of the molecule is CCc1ccc(-c2nc(CCOc3ccc4c(c3)CC[C@@H]4CC(C)=O)c(C)o2)cc1.CCc1ccc(-c2nc(CCOc3ccc4c(c3)CC[C@H]4CC(C)=O)c(C)o2)cc1.CCc1oc(-c2ccc(OC)cc2)nc1CCOc1ccc2c(c1)CC[C@@H]2CC(=O)O.CCc1oc(-c2ccc(OC)cc2)nc1CCOc1ccc2c(c1)CC[C@H]2CC. The van der Waals surface area contributed by atoms with E-state index in [2.05, 4.69) is 136 Å². The van der Waals surface area contributed by atoms with Gasteiger partial charge in [0.25, 0.3) is 0 Å². The van der Waals surface area contributed by atoms with Crippen LogP contribution in [0.25, 0.3) is 45.8 Å². The number of carboxylic acids is 1. The minimum atomic E-state index is -0.744. The first kappa shape index (κ1) is 86.1. The second-order valence-corrected chi connectivity index (χ2v) is 31.7. The number of aromatic nitrogens is 4. The number of fused-ring (bicyclic) bond motifs is 4. The number of carbonyl (C=O) groups excluding carboxylic acids is 2. The van der Waals surface area contributed by atoms with E-state index >= 15 is 0 Å². The number of hydrogen-bond acceptors (Lipinski definition) is 17.